The van der Waals surface area contributed by atoms with E-state index >= 15 is 0 Å². The molecule has 0 saturated heterocycles. The van der Waals surface area contributed by atoms with Gasteiger partial charge in [-0.2, -0.15) is 0 Å². The van der Waals surface area contributed by atoms with Crippen LogP contribution in [0, 0.1) is 13.8 Å². The summed E-state index contributed by atoms with van der Waals surface area (Å²) in [5, 5.41) is 0. The summed E-state index contributed by atoms with van der Waals surface area (Å²) in [7, 11) is -3.29. The van der Waals surface area contributed by atoms with E-state index in [2.05, 4.69) is 4.72 Å². The van der Waals surface area contributed by atoms with Gasteiger partial charge in [0.15, 0.2) is 0 Å². The highest BCUT2D eigenvalue weighted by Gasteiger charge is 2.13. The Morgan fingerprint density at radius 3 is 2.29 bits per heavy atom. The molecule has 0 aliphatic carbocycles. The quantitative estimate of drug-likeness (QED) is 0.858. The standard InChI is InChI=1S/C15H17NO3S2/c1-4-21(18,19)16-13-7-5-12(6-8-13)15(17)14-9-10(2)11(3)20-14/h5-9,16H,4H2,1-3H3. The summed E-state index contributed by atoms with van der Waals surface area (Å²) in [6, 6.07) is 8.37. The zero-order valence-electron chi connectivity index (χ0n) is 12.1. The average Bonchev–Trinajstić information content (AvgIpc) is 2.78. The summed E-state index contributed by atoms with van der Waals surface area (Å²) >= 11 is 1.47. The van der Waals surface area contributed by atoms with Crippen molar-refractivity contribution in [2.75, 3.05) is 10.5 Å². The van der Waals surface area contributed by atoms with Crippen molar-refractivity contribution in [3.63, 3.8) is 0 Å². The van der Waals surface area contributed by atoms with Crippen molar-refractivity contribution in [3.8, 4) is 0 Å². The van der Waals surface area contributed by atoms with E-state index in [4.69, 9.17) is 0 Å². The lowest BCUT2D eigenvalue weighted by molar-refractivity contribution is 0.104. The van der Waals surface area contributed by atoms with Crippen LogP contribution < -0.4 is 4.72 Å². The van der Waals surface area contributed by atoms with Crippen LogP contribution in [0.25, 0.3) is 0 Å². The lowest BCUT2D eigenvalue weighted by atomic mass is 10.1. The van der Waals surface area contributed by atoms with Crippen LogP contribution >= 0.6 is 11.3 Å². The molecule has 4 nitrogen and oxygen atoms in total. The van der Waals surface area contributed by atoms with E-state index in [9.17, 15) is 13.2 Å². The second kappa shape index (κ2) is 5.99. The number of carbonyl (C=O) groups excluding carboxylic acids is 1. The predicted octanol–water partition coefficient (Wildman–Crippen LogP) is 3.36. The van der Waals surface area contributed by atoms with Crippen LogP contribution in [0.2, 0.25) is 0 Å². The Hall–Kier alpha value is -1.66. The molecule has 1 aromatic heterocycles. The first-order valence-corrected chi connectivity index (χ1v) is 9.01. The highest BCUT2D eigenvalue weighted by molar-refractivity contribution is 7.92. The molecule has 6 heteroatoms. The van der Waals surface area contributed by atoms with Crippen molar-refractivity contribution < 1.29 is 13.2 Å². The van der Waals surface area contributed by atoms with E-state index in [0.717, 1.165) is 10.4 Å². The monoisotopic (exact) mass is 323 g/mol. The Morgan fingerprint density at radius 1 is 1.19 bits per heavy atom. The Morgan fingerprint density at radius 2 is 1.81 bits per heavy atom. The minimum atomic E-state index is -3.29. The molecule has 2 aromatic rings. The molecule has 0 saturated carbocycles. The Bertz CT molecular complexity index is 739. The third kappa shape index (κ3) is 3.71. The SMILES string of the molecule is CCS(=O)(=O)Nc1ccc(C(=O)c2cc(C)c(C)s2)cc1. The van der Waals surface area contributed by atoms with Crippen LogP contribution in [-0.4, -0.2) is 20.0 Å². The van der Waals surface area contributed by atoms with E-state index in [-0.39, 0.29) is 11.5 Å². The number of nitrogens with one attached hydrogen (secondary N) is 1. The summed E-state index contributed by atoms with van der Waals surface area (Å²) in [6.07, 6.45) is 0. The Labute approximate surface area is 128 Å². The van der Waals surface area contributed by atoms with E-state index in [1.165, 1.54) is 11.3 Å². The molecular formula is C15H17NO3S2. The minimum Gasteiger partial charge on any atom is -0.288 e. The van der Waals surface area contributed by atoms with Gasteiger partial charge in [0, 0.05) is 16.1 Å². The van der Waals surface area contributed by atoms with Gasteiger partial charge in [0.05, 0.1) is 10.6 Å². The van der Waals surface area contributed by atoms with Gasteiger partial charge in [0.2, 0.25) is 15.8 Å². The lowest BCUT2D eigenvalue weighted by Gasteiger charge is -2.06. The van der Waals surface area contributed by atoms with E-state index in [1.807, 2.05) is 19.9 Å². The van der Waals surface area contributed by atoms with Crippen LogP contribution in [0.1, 0.15) is 32.6 Å². The molecule has 1 N–H and O–H groups in total. The van der Waals surface area contributed by atoms with Gasteiger partial charge in [-0.05, 0) is 56.7 Å². The molecule has 0 aliphatic rings. The number of thiophene rings is 1. The molecule has 2 rings (SSSR count). The molecule has 0 aliphatic heterocycles. The first-order valence-electron chi connectivity index (χ1n) is 6.54. The normalized spacial score (nSPS) is 11.4. The van der Waals surface area contributed by atoms with Crippen LogP contribution in [0.3, 0.4) is 0 Å². The molecule has 1 heterocycles. The first-order chi connectivity index (χ1) is 9.82. The summed E-state index contributed by atoms with van der Waals surface area (Å²) < 4.78 is 25.4. The number of anilines is 1. The van der Waals surface area contributed by atoms with Crippen LogP contribution in [0.15, 0.2) is 30.3 Å². The highest BCUT2D eigenvalue weighted by atomic mass is 32.2. The summed E-state index contributed by atoms with van der Waals surface area (Å²) in [5.74, 6) is -0.0253. The maximum absolute atomic E-state index is 12.3. The lowest BCUT2D eigenvalue weighted by Crippen LogP contribution is -2.14. The van der Waals surface area contributed by atoms with Crippen molar-refractivity contribution in [2.24, 2.45) is 0 Å². The predicted molar refractivity (Wildman–Crippen MR) is 86.8 cm³/mol. The molecule has 0 spiro atoms. The zero-order valence-corrected chi connectivity index (χ0v) is 13.8. The highest BCUT2D eigenvalue weighted by Crippen LogP contribution is 2.24. The Kier molecular flexibility index (Phi) is 4.49. The third-order valence-electron chi connectivity index (χ3n) is 3.19. The molecule has 0 atom stereocenters. The van der Waals surface area contributed by atoms with Crippen molar-refractivity contribution in [2.45, 2.75) is 20.8 Å². The molecule has 21 heavy (non-hydrogen) atoms. The third-order valence-corrected chi connectivity index (χ3v) is 5.65. The zero-order chi connectivity index (χ0) is 15.6. The van der Waals surface area contributed by atoms with Gasteiger partial charge in [-0.3, -0.25) is 9.52 Å². The summed E-state index contributed by atoms with van der Waals surface area (Å²) in [5.41, 5.74) is 2.12. The number of sulfonamides is 1. The molecule has 0 bridgehead atoms. The Balaban J connectivity index is 2.21. The number of carbonyl (C=O) groups is 1. The maximum Gasteiger partial charge on any atom is 0.232 e. The van der Waals surface area contributed by atoms with Gasteiger partial charge in [0.1, 0.15) is 0 Å². The molecular weight excluding hydrogens is 306 g/mol. The van der Waals surface area contributed by atoms with E-state index in [1.54, 1.807) is 31.2 Å². The fraction of sp³-hybridized carbons (Fsp3) is 0.267. The second-order valence-electron chi connectivity index (χ2n) is 4.76. The molecule has 0 radical (unpaired) electrons. The number of hydrogen-bond donors (Lipinski definition) is 1. The summed E-state index contributed by atoms with van der Waals surface area (Å²) in [6.45, 7) is 5.53. The van der Waals surface area contributed by atoms with E-state index < -0.39 is 10.0 Å². The van der Waals surface area contributed by atoms with Crippen LogP contribution in [0.5, 0.6) is 0 Å². The molecule has 0 amide bonds. The van der Waals surface area contributed by atoms with E-state index in [0.29, 0.717) is 16.1 Å². The fourth-order valence-corrected chi connectivity index (χ4v) is 3.40. The molecule has 0 fully saturated rings. The molecule has 1 aromatic carbocycles. The topological polar surface area (TPSA) is 63.2 Å². The second-order valence-corrected chi connectivity index (χ2v) is 8.03. The molecule has 0 unspecified atom stereocenters. The van der Waals surface area contributed by atoms with Gasteiger partial charge < -0.3 is 0 Å². The largest absolute Gasteiger partial charge is 0.288 e. The van der Waals surface area contributed by atoms with Gasteiger partial charge in [-0.1, -0.05) is 0 Å². The number of ketones is 1. The first kappa shape index (κ1) is 15.7. The van der Waals surface area contributed by atoms with Crippen molar-refractivity contribution in [1.82, 2.24) is 0 Å². The number of aryl methyl sites for hydroxylation is 2. The van der Waals surface area contributed by atoms with Crippen molar-refractivity contribution in [3.05, 3.63) is 51.2 Å². The average molecular weight is 323 g/mol. The fourth-order valence-electron chi connectivity index (χ4n) is 1.77. The van der Waals surface area contributed by atoms with Gasteiger partial charge in [-0.15, -0.1) is 11.3 Å². The molecule has 112 valence electrons. The van der Waals surface area contributed by atoms with Gasteiger partial charge >= 0.3 is 0 Å². The van der Waals surface area contributed by atoms with Gasteiger partial charge in [-0.25, -0.2) is 8.42 Å². The van der Waals surface area contributed by atoms with Crippen LogP contribution in [0.4, 0.5) is 5.69 Å². The minimum absolute atomic E-state index is 0.0153. The van der Waals surface area contributed by atoms with Crippen molar-refractivity contribution >= 4 is 32.8 Å². The number of hydrogen-bond acceptors (Lipinski definition) is 4. The number of rotatable bonds is 5. The summed E-state index contributed by atoms with van der Waals surface area (Å²) in [4.78, 5) is 14.2. The number of benzene rings is 1. The van der Waals surface area contributed by atoms with Crippen molar-refractivity contribution in [1.29, 1.82) is 0 Å². The maximum atomic E-state index is 12.3. The van der Waals surface area contributed by atoms with Crippen LogP contribution in [-0.2, 0) is 10.0 Å². The van der Waals surface area contributed by atoms with Gasteiger partial charge in [0.25, 0.3) is 0 Å². The smallest absolute Gasteiger partial charge is 0.232 e.